The average Bonchev–Trinajstić information content (AvgIpc) is 2.94. The zero-order valence-electron chi connectivity index (χ0n) is 12.7. The SMILES string of the molecule is Cc1ccc(C2c3ccsc3CCN2C(=O)N(C)C)cc1. The maximum atomic E-state index is 12.5. The Bertz CT molecular complexity index is 645. The lowest BCUT2D eigenvalue weighted by Gasteiger charge is -2.37. The first-order chi connectivity index (χ1) is 10.1. The molecule has 1 unspecified atom stereocenters. The van der Waals surface area contributed by atoms with Gasteiger partial charge in [0.25, 0.3) is 0 Å². The smallest absolute Gasteiger partial charge is 0.320 e. The number of amides is 2. The third-order valence-corrected chi connectivity index (χ3v) is 4.98. The Kier molecular flexibility index (Phi) is 3.72. The van der Waals surface area contributed by atoms with Gasteiger partial charge in [0.15, 0.2) is 0 Å². The number of nitrogens with zero attached hydrogens (tertiary/aromatic N) is 2. The zero-order chi connectivity index (χ0) is 15.0. The Labute approximate surface area is 129 Å². The monoisotopic (exact) mass is 300 g/mol. The van der Waals surface area contributed by atoms with Gasteiger partial charge in [-0.1, -0.05) is 29.8 Å². The molecule has 0 spiro atoms. The summed E-state index contributed by atoms with van der Waals surface area (Å²) in [4.78, 5) is 17.6. The number of carbonyl (C=O) groups excluding carboxylic acids is 1. The van der Waals surface area contributed by atoms with E-state index in [1.165, 1.54) is 21.6 Å². The van der Waals surface area contributed by atoms with Gasteiger partial charge in [-0.3, -0.25) is 0 Å². The largest absolute Gasteiger partial charge is 0.331 e. The molecule has 0 fully saturated rings. The van der Waals surface area contributed by atoms with E-state index >= 15 is 0 Å². The number of benzene rings is 1. The van der Waals surface area contributed by atoms with Crippen molar-refractivity contribution in [2.24, 2.45) is 0 Å². The Morgan fingerprint density at radius 1 is 1.24 bits per heavy atom. The fourth-order valence-electron chi connectivity index (χ4n) is 2.89. The molecule has 110 valence electrons. The molecule has 4 heteroatoms. The third kappa shape index (κ3) is 2.56. The minimum absolute atomic E-state index is 0.0375. The first-order valence-corrected chi connectivity index (χ1v) is 8.06. The second-order valence-electron chi connectivity index (χ2n) is 5.73. The summed E-state index contributed by atoms with van der Waals surface area (Å²) in [7, 11) is 3.63. The van der Waals surface area contributed by atoms with Gasteiger partial charge in [-0.15, -0.1) is 11.3 Å². The molecule has 1 aliphatic rings. The zero-order valence-corrected chi connectivity index (χ0v) is 13.5. The standard InChI is InChI=1S/C17H20N2OS/c1-12-4-6-13(7-5-12)16-14-9-11-21-15(14)8-10-19(16)17(20)18(2)3/h4-7,9,11,16H,8,10H2,1-3H3. The maximum absolute atomic E-state index is 12.5. The van der Waals surface area contributed by atoms with Crippen LogP contribution in [-0.2, 0) is 6.42 Å². The lowest BCUT2D eigenvalue weighted by Crippen LogP contribution is -2.45. The number of aryl methyl sites for hydroxylation is 1. The first-order valence-electron chi connectivity index (χ1n) is 7.18. The van der Waals surface area contributed by atoms with Crippen LogP contribution in [0.2, 0.25) is 0 Å². The van der Waals surface area contributed by atoms with Crippen molar-refractivity contribution in [1.82, 2.24) is 9.80 Å². The van der Waals surface area contributed by atoms with Gasteiger partial charge < -0.3 is 9.80 Å². The molecule has 2 aromatic rings. The molecule has 0 radical (unpaired) electrons. The predicted octanol–water partition coefficient (Wildman–Crippen LogP) is 3.69. The second-order valence-corrected chi connectivity index (χ2v) is 6.73. The Morgan fingerprint density at radius 2 is 1.95 bits per heavy atom. The molecule has 0 aliphatic carbocycles. The van der Waals surface area contributed by atoms with Crippen LogP contribution < -0.4 is 0 Å². The fraction of sp³-hybridized carbons (Fsp3) is 0.353. The molecule has 1 aromatic carbocycles. The summed E-state index contributed by atoms with van der Waals surface area (Å²) >= 11 is 1.80. The van der Waals surface area contributed by atoms with Crippen LogP contribution in [0.3, 0.4) is 0 Å². The highest BCUT2D eigenvalue weighted by Crippen LogP contribution is 2.38. The van der Waals surface area contributed by atoms with Gasteiger partial charge in [0.1, 0.15) is 0 Å². The van der Waals surface area contributed by atoms with Crippen molar-refractivity contribution < 1.29 is 4.79 Å². The molecule has 1 aromatic heterocycles. The normalized spacial score (nSPS) is 17.5. The van der Waals surface area contributed by atoms with E-state index in [0.717, 1.165) is 13.0 Å². The van der Waals surface area contributed by atoms with Crippen molar-refractivity contribution in [1.29, 1.82) is 0 Å². The summed E-state index contributed by atoms with van der Waals surface area (Å²) in [6.45, 7) is 2.87. The highest BCUT2D eigenvalue weighted by Gasteiger charge is 2.33. The van der Waals surface area contributed by atoms with Crippen LogP contribution in [0.4, 0.5) is 4.79 Å². The van der Waals surface area contributed by atoms with E-state index in [-0.39, 0.29) is 12.1 Å². The van der Waals surface area contributed by atoms with Crippen LogP contribution >= 0.6 is 11.3 Å². The van der Waals surface area contributed by atoms with Gasteiger partial charge in [-0.2, -0.15) is 0 Å². The molecular weight excluding hydrogens is 280 g/mol. The van der Waals surface area contributed by atoms with E-state index < -0.39 is 0 Å². The highest BCUT2D eigenvalue weighted by atomic mass is 32.1. The molecule has 3 rings (SSSR count). The van der Waals surface area contributed by atoms with Crippen molar-refractivity contribution in [2.45, 2.75) is 19.4 Å². The number of carbonyl (C=O) groups is 1. The molecular formula is C17H20N2OS. The lowest BCUT2D eigenvalue weighted by atomic mass is 9.93. The third-order valence-electron chi connectivity index (χ3n) is 3.99. The molecule has 2 heterocycles. The molecule has 3 nitrogen and oxygen atoms in total. The summed E-state index contributed by atoms with van der Waals surface area (Å²) in [5, 5.41) is 2.13. The number of rotatable bonds is 1. The molecule has 0 N–H and O–H groups in total. The van der Waals surface area contributed by atoms with E-state index in [1.54, 1.807) is 16.2 Å². The van der Waals surface area contributed by atoms with Gasteiger partial charge >= 0.3 is 6.03 Å². The van der Waals surface area contributed by atoms with Gasteiger partial charge in [-0.05, 0) is 35.9 Å². The van der Waals surface area contributed by atoms with Gasteiger partial charge in [0.05, 0.1) is 6.04 Å². The van der Waals surface area contributed by atoms with Crippen molar-refractivity contribution in [3.63, 3.8) is 0 Å². The number of urea groups is 1. The summed E-state index contributed by atoms with van der Waals surface area (Å²) in [6.07, 6.45) is 0.953. The van der Waals surface area contributed by atoms with Crippen molar-refractivity contribution in [3.05, 3.63) is 57.3 Å². The van der Waals surface area contributed by atoms with Gasteiger partial charge in [0.2, 0.25) is 0 Å². The van der Waals surface area contributed by atoms with Crippen molar-refractivity contribution in [3.8, 4) is 0 Å². The number of thiophene rings is 1. The molecule has 1 atom stereocenters. The lowest BCUT2D eigenvalue weighted by molar-refractivity contribution is 0.154. The number of hydrogen-bond acceptors (Lipinski definition) is 2. The maximum Gasteiger partial charge on any atom is 0.320 e. The van der Waals surface area contributed by atoms with E-state index in [4.69, 9.17) is 0 Å². The minimum Gasteiger partial charge on any atom is -0.331 e. The van der Waals surface area contributed by atoms with Crippen molar-refractivity contribution in [2.75, 3.05) is 20.6 Å². The van der Waals surface area contributed by atoms with Crippen LogP contribution in [0, 0.1) is 6.92 Å². The Balaban J connectivity index is 2.06. The average molecular weight is 300 g/mol. The number of fused-ring (bicyclic) bond motifs is 1. The summed E-state index contributed by atoms with van der Waals surface area (Å²) in [6, 6.07) is 10.8. The quantitative estimate of drug-likeness (QED) is 0.788. The molecule has 21 heavy (non-hydrogen) atoms. The fourth-order valence-corrected chi connectivity index (χ4v) is 3.79. The Morgan fingerprint density at radius 3 is 2.62 bits per heavy atom. The van der Waals surface area contributed by atoms with Crippen LogP contribution in [0.1, 0.15) is 27.6 Å². The first kappa shape index (κ1) is 14.1. The summed E-state index contributed by atoms with van der Waals surface area (Å²) in [5.74, 6) is 0. The van der Waals surface area contributed by atoms with E-state index in [9.17, 15) is 4.79 Å². The van der Waals surface area contributed by atoms with Crippen LogP contribution in [0.15, 0.2) is 35.7 Å². The molecule has 1 aliphatic heterocycles. The van der Waals surface area contributed by atoms with Gasteiger partial charge in [0, 0.05) is 25.5 Å². The molecule has 0 bridgehead atoms. The van der Waals surface area contributed by atoms with Crippen molar-refractivity contribution >= 4 is 17.4 Å². The van der Waals surface area contributed by atoms with Crippen LogP contribution in [0.25, 0.3) is 0 Å². The molecule has 0 saturated heterocycles. The molecule has 0 saturated carbocycles. The topological polar surface area (TPSA) is 23.6 Å². The Hall–Kier alpha value is -1.81. The summed E-state index contributed by atoms with van der Waals surface area (Å²) < 4.78 is 0. The highest BCUT2D eigenvalue weighted by molar-refractivity contribution is 7.10. The minimum atomic E-state index is 0.0375. The van der Waals surface area contributed by atoms with E-state index in [0.29, 0.717) is 0 Å². The summed E-state index contributed by atoms with van der Waals surface area (Å²) in [5.41, 5.74) is 3.71. The van der Waals surface area contributed by atoms with E-state index in [2.05, 4.69) is 42.6 Å². The predicted molar refractivity (Wildman–Crippen MR) is 86.8 cm³/mol. The molecule has 2 amide bonds. The van der Waals surface area contributed by atoms with Crippen LogP contribution in [0.5, 0.6) is 0 Å². The van der Waals surface area contributed by atoms with E-state index in [1.807, 2.05) is 19.0 Å². The number of hydrogen-bond donors (Lipinski definition) is 0. The van der Waals surface area contributed by atoms with Gasteiger partial charge in [-0.25, -0.2) is 4.79 Å². The second kappa shape index (κ2) is 5.53. The van der Waals surface area contributed by atoms with Crippen LogP contribution in [-0.4, -0.2) is 36.5 Å².